The topological polar surface area (TPSA) is 145 Å². The van der Waals surface area contributed by atoms with Crippen molar-refractivity contribution >= 4 is 34.2 Å². The number of rotatable bonds is 8. The second-order valence-corrected chi connectivity index (χ2v) is 7.50. The zero-order chi connectivity index (χ0) is 24.7. The quantitative estimate of drug-likeness (QED) is 0.382. The molecular formula is C25H28N6O3. The summed E-state index contributed by atoms with van der Waals surface area (Å²) in [6.07, 6.45) is 9.02. The number of anilines is 1. The summed E-state index contributed by atoms with van der Waals surface area (Å²) >= 11 is 0. The average Bonchev–Trinajstić information content (AvgIpc) is 2.83. The maximum atomic E-state index is 12.8. The number of fused-ring (bicyclic) bond motifs is 1. The van der Waals surface area contributed by atoms with Gasteiger partial charge in [-0.25, -0.2) is 4.79 Å². The van der Waals surface area contributed by atoms with Gasteiger partial charge in [-0.1, -0.05) is 30.4 Å². The van der Waals surface area contributed by atoms with E-state index in [1.54, 1.807) is 29.1 Å². The molecule has 0 unspecified atom stereocenters. The minimum atomic E-state index is -0.843. The number of aryl methyl sites for hydroxylation is 1. The number of hydrogen-bond donors (Lipinski definition) is 4. The Balaban J connectivity index is 1.74. The Morgan fingerprint density at radius 2 is 2.00 bits per heavy atom. The third-order valence-corrected chi connectivity index (χ3v) is 5.37. The number of benzene rings is 1. The lowest BCUT2D eigenvalue weighted by Crippen LogP contribution is -2.35. The normalized spacial score (nSPS) is 11.6. The third kappa shape index (κ3) is 5.32. The van der Waals surface area contributed by atoms with E-state index in [0.717, 1.165) is 16.7 Å². The number of primary amides is 1. The van der Waals surface area contributed by atoms with E-state index in [0.29, 0.717) is 30.5 Å². The Bertz CT molecular complexity index is 1330. The highest BCUT2D eigenvalue weighted by Gasteiger charge is 2.18. The summed E-state index contributed by atoms with van der Waals surface area (Å²) in [5.74, 6) is -0.784. The van der Waals surface area contributed by atoms with Gasteiger partial charge in [-0.15, -0.1) is 0 Å². The number of carbonyl (C=O) groups excluding carboxylic acids is 2. The first-order chi connectivity index (χ1) is 16.4. The maximum absolute atomic E-state index is 12.8. The van der Waals surface area contributed by atoms with Crippen LogP contribution in [0.25, 0.3) is 16.5 Å². The molecule has 3 aromatic rings. The summed E-state index contributed by atoms with van der Waals surface area (Å²) < 4.78 is 1.70. The van der Waals surface area contributed by atoms with Crippen LogP contribution >= 0.6 is 0 Å². The zero-order valence-corrected chi connectivity index (χ0v) is 19.2. The molecule has 1 aromatic carbocycles. The molecule has 0 aliphatic heterocycles. The van der Waals surface area contributed by atoms with Crippen LogP contribution in [0, 0.1) is 0 Å². The molecule has 0 radical (unpaired) electrons. The van der Waals surface area contributed by atoms with Gasteiger partial charge >= 0.3 is 6.03 Å². The van der Waals surface area contributed by atoms with E-state index in [2.05, 4.69) is 15.6 Å². The first-order valence-electron chi connectivity index (χ1n) is 10.9. The first-order valence-corrected chi connectivity index (χ1v) is 10.9. The Kier molecular flexibility index (Phi) is 7.81. The Labute approximate surface area is 197 Å². The highest BCUT2D eigenvalue weighted by molar-refractivity contribution is 6.01. The third-order valence-electron chi connectivity index (χ3n) is 5.37. The molecule has 3 amide bonds. The summed E-state index contributed by atoms with van der Waals surface area (Å²) in [5.41, 5.74) is 14.1. The molecule has 0 aliphatic carbocycles. The Morgan fingerprint density at radius 1 is 1.21 bits per heavy atom. The van der Waals surface area contributed by atoms with Gasteiger partial charge in [0.1, 0.15) is 11.4 Å². The fraction of sp³-hybridized carbons (Fsp3) is 0.200. The van der Waals surface area contributed by atoms with Gasteiger partial charge in [0, 0.05) is 37.4 Å². The predicted octanol–water partition coefficient (Wildman–Crippen LogP) is 2.56. The van der Waals surface area contributed by atoms with E-state index in [-0.39, 0.29) is 17.4 Å². The molecule has 0 spiro atoms. The molecule has 3 rings (SSSR count). The zero-order valence-electron chi connectivity index (χ0n) is 19.2. The number of nitrogen functional groups attached to an aromatic ring is 1. The van der Waals surface area contributed by atoms with Crippen molar-refractivity contribution in [1.29, 1.82) is 0 Å². The van der Waals surface area contributed by atoms with Crippen LogP contribution in [0.1, 0.15) is 35.3 Å². The number of nitrogens with two attached hydrogens (primary N) is 2. The van der Waals surface area contributed by atoms with Crippen molar-refractivity contribution in [3.8, 4) is 0 Å². The van der Waals surface area contributed by atoms with E-state index >= 15 is 0 Å². The second kappa shape index (κ2) is 11.0. The molecule has 9 heteroatoms. The number of hydrogen-bond acceptors (Lipinski definition) is 5. The van der Waals surface area contributed by atoms with E-state index < -0.39 is 11.3 Å². The number of pyridine rings is 2. The van der Waals surface area contributed by atoms with Crippen LogP contribution in [0.5, 0.6) is 0 Å². The van der Waals surface area contributed by atoms with Crippen molar-refractivity contribution in [2.45, 2.75) is 26.9 Å². The number of nitrogens with zero attached hydrogens (tertiary/aromatic N) is 2. The standard InChI is InChI=1S/C25H28N6O3/c1-3-17(8-6-12-29-25(34)30-15-16-7-5-11-28-14-16)18-9-10-19-20(13-18)31(4-2)23(26)21(22(19)32)24(27)33/h3,5-11,13-14H,4,12,15,26H2,1-2H3,(H2,27,33)(H2,29,30,34). The van der Waals surface area contributed by atoms with Crippen molar-refractivity contribution in [3.63, 3.8) is 0 Å². The molecule has 0 saturated heterocycles. The number of amides is 3. The Hall–Kier alpha value is -4.40. The fourth-order valence-corrected chi connectivity index (χ4v) is 3.67. The summed E-state index contributed by atoms with van der Waals surface area (Å²) in [7, 11) is 0. The van der Waals surface area contributed by atoms with E-state index in [9.17, 15) is 14.4 Å². The summed E-state index contributed by atoms with van der Waals surface area (Å²) in [6.45, 7) is 4.96. The van der Waals surface area contributed by atoms with Crippen LogP contribution in [0.2, 0.25) is 0 Å². The van der Waals surface area contributed by atoms with Crippen LogP contribution in [0.4, 0.5) is 10.6 Å². The highest BCUT2D eigenvalue weighted by atomic mass is 16.2. The van der Waals surface area contributed by atoms with Gasteiger partial charge in [0.15, 0.2) is 0 Å². The minimum absolute atomic E-state index is 0.0590. The van der Waals surface area contributed by atoms with Crippen molar-refractivity contribution in [1.82, 2.24) is 20.2 Å². The first kappa shape index (κ1) is 24.2. The molecule has 9 nitrogen and oxygen atoms in total. The van der Waals surface area contributed by atoms with Gasteiger partial charge < -0.3 is 26.7 Å². The molecule has 0 atom stereocenters. The average molecular weight is 461 g/mol. The number of nitrogens with one attached hydrogen (secondary N) is 2. The molecule has 0 aliphatic rings. The number of aromatic nitrogens is 2. The van der Waals surface area contributed by atoms with E-state index in [4.69, 9.17) is 11.5 Å². The minimum Gasteiger partial charge on any atom is -0.384 e. The molecule has 2 heterocycles. The molecule has 34 heavy (non-hydrogen) atoms. The van der Waals surface area contributed by atoms with E-state index in [1.165, 1.54) is 0 Å². The molecule has 6 N–H and O–H groups in total. The summed E-state index contributed by atoms with van der Waals surface area (Å²) in [5, 5.41) is 5.92. The lowest BCUT2D eigenvalue weighted by molar-refractivity contribution is 0.0999. The second-order valence-electron chi connectivity index (χ2n) is 7.50. The molecule has 176 valence electrons. The van der Waals surface area contributed by atoms with Crippen molar-refractivity contribution in [2.75, 3.05) is 12.3 Å². The molecular weight excluding hydrogens is 432 g/mol. The van der Waals surface area contributed by atoms with Crippen LogP contribution in [0.15, 0.2) is 65.7 Å². The summed E-state index contributed by atoms with van der Waals surface area (Å²) in [6, 6.07) is 8.75. The van der Waals surface area contributed by atoms with Crippen LogP contribution in [-0.4, -0.2) is 28.0 Å². The van der Waals surface area contributed by atoms with Gasteiger partial charge in [-0.05, 0) is 48.7 Å². The van der Waals surface area contributed by atoms with Gasteiger partial charge in [0.25, 0.3) is 5.91 Å². The van der Waals surface area contributed by atoms with Gasteiger partial charge in [-0.2, -0.15) is 0 Å². The molecule has 0 bridgehead atoms. The van der Waals surface area contributed by atoms with Crippen LogP contribution in [0.3, 0.4) is 0 Å². The monoisotopic (exact) mass is 460 g/mol. The Morgan fingerprint density at radius 3 is 2.65 bits per heavy atom. The lowest BCUT2D eigenvalue weighted by atomic mass is 10.0. The van der Waals surface area contributed by atoms with Crippen molar-refractivity contribution in [3.05, 3.63) is 87.9 Å². The van der Waals surface area contributed by atoms with Crippen molar-refractivity contribution in [2.24, 2.45) is 5.73 Å². The summed E-state index contributed by atoms with van der Waals surface area (Å²) in [4.78, 5) is 40.5. The predicted molar refractivity (Wildman–Crippen MR) is 134 cm³/mol. The van der Waals surface area contributed by atoms with Crippen LogP contribution in [-0.2, 0) is 13.1 Å². The maximum Gasteiger partial charge on any atom is 0.315 e. The van der Waals surface area contributed by atoms with E-state index in [1.807, 2.05) is 50.3 Å². The molecule has 0 fully saturated rings. The molecule has 0 saturated carbocycles. The van der Waals surface area contributed by atoms with Gasteiger partial charge in [0.05, 0.1) is 5.52 Å². The van der Waals surface area contributed by atoms with Gasteiger partial charge in [0.2, 0.25) is 5.43 Å². The highest BCUT2D eigenvalue weighted by Crippen LogP contribution is 2.24. The number of allylic oxidation sites excluding steroid dienone is 3. The largest absolute Gasteiger partial charge is 0.384 e. The lowest BCUT2D eigenvalue weighted by Gasteiger charge is -2.16. The SMILES string of the molecule is CC=C(C=CCNC(=O)NCc1cccnc1)c1ccc2c(=O)c(C(N)=O)c(N)n(CC)c2c1. The van der Waals surface area contributed by atoms with Gasteiger partial charge in [-0.3, -0.25) is 14.6 Å². The number of urea groups is 1. The fourth-order valence-electron chi connectivity index (χ4n) is 3.67. The van der Waals surface area contributed by atoms with Crippen LogP contribution < -0.4 is 27.5 Å². The van der Waals surface area contributed by atoms with Crippen molar-refractivity contribution < 1.29 is 9.59 Å². The number of carbonyl (C=O) groups is 2. The smallest absolute Gasteiger partial charge is 0.315 e. The molecule has 2 aromatic heterocycles.